The normalized spacial score (nSPS) is 16.8. The number of benzene rings is 3. The molecule has 3 aromatic carbocycles. The highest BCUT2D eigenvalue weighted by molar-refractivity contribution is 8.04. The topological polar surface area (TPSA) is 65.9 Å². The van der Waals surface area contributed by atoms with Crippen molar-refractivity contribution < 1.29 is 14.5 Å². The molecule has 3 aromatic rings. The highest BCUT2D eigenvalue weighted by atomic mass is 35.5. The van der Waals surface area contributed by atoms with Gasteiger partial charge in [0.2, 0.25) is 0 Å². The van der Waals surface area contributed by atoms with E-state index in [1.165, 1.54) is 17.4 Å². The number of fused-ring (bicyclic) bond motifs is 1. The Morgan fingerprint density at radius 1 is 1.05 bits per heavy atom. The summed E-state index contributed by atoms with van der Waals surface area (Å²) in [5, 5.41) is 6.73. The maximum atomic E-state index is 12.6. The lowest BCUT2D eigenvalue weighted by molar-refractivity contribution is -0.900. The third kappa shape index (κ3) is 6.55. The minimum absolute atomic E-state index is 0.0707. The molecule has 2 aliphatic rings. The van der Waals surface area contributed by atoms with Gasteiger partial charge in [-0.2, -0.15) is 0 Å². The van der Waals surface area contributed by atoms with Crippen molar-refractivity contribution >= 4 is 52.6 Å². The summed E-state index contributed by atoms with van der Waals surface area (Å²) in [4.78, 5) is 30.6. The Morgan fingerprint density at radius 2 is 1.84 bits per heavy atom. The molecule has 0 radical (unpaired) electrons. The molecule has 6 nitrogen and oxygen atoms in total. The number of carbonyl (C=O) groups is 2. The summed E-state index contributed by atoms with van der Waals surface area (Å²) >= 11 is 7.59. The Balaban J connectivity index is 1.05. The fraction of sp³-hybridized carbons (Fsp3) is 0.241. The molecule has 0 aliphatic carbocycles. The number of hydrogen-bond donors (Lipinski definition) is 3. The number of nitrogens with one attached hydrogen (secondary N) is 3. The number of rotatable bonds is 7. The molecular formula is C29H30ClN4O2S+. The van der Waals surface area contributed by atoms with Crippen LogP contribution in [0.5, 0.6) is 0 Å². The van der Waals surface area contributed by atoms with E-state index in [1.807, 2.05) is 60.7 Å². The number of anilines is 2. The van der Waals surface area contributed by atoms with Crippen LogP contribution in [-0.2, 0) is 4.79 Å². The van der Waals surface area contributed by atoms with Crippen LogP contribution >= 0.6 is 23.4 Å². The average molecular weight is 534 g/mol. The first-order valence-corrected chi connectivity index (χ1v) is 13.8. The molecule has 2 heterocycles. The quantitative estimate of drug-likeness (QED) is 0.318. The number of piperazine rings is 1. The maximum Gasteiger partial charge on any atom is 0.262 e. The molecule has 1 saturated heterocycles. The summed E-state index contributed by atoms with van der Waals surface area (Å²) in [6.45, 7) is 5.88. The van der Waals surface area contributed by atoms with Crippen molar-refractivity contribution in [2.45, 2.75) is 11.3 Å². The van der Waals surface area contributed by atoms with E-state index in [2.05, 4.69) is 21.6 Å². The van der Waals surface area contributed by atoms with Crippen LogP contribution < -0.4 is 20.4 Å². The van der Waals surface area contributed by atoms with Crippen LogP contribution in [0.3, 0.4) is 0 Å². The zero-order valence-electron chi connectivity index (χ0n) is 20.5. The molecule has 190 valence electrons. The monoisotopic (exact) mass is 533 g/mol. The fourth-order valence-electron chi connectivity index (χ4n) is 4.63. The van der Waals surface area contributed by atoms with Crippen molar-refractivity contribution in [2.75, 3.05) is 49.5 Å². The van der Waals surface area contributed by atoms with Crippen LogP contribution in [0, 0.1) is 0 Å². The van der Waals surface area contributed by atoms with Crippen molar-refractivity contribution in [3.8, 4) is 0 Å². The van der Waals surface area contributed by atoms with Gasteiger partial charge in [0.1, 0.15) is 0 Å². The van der Waals surface area contributed by atoms with E-state index in [-0.39, 0.29) is 11.8 Å². The molecule has 8 heteroatoms. The Labute approximate surface area is 226 Å². The first-order chi connectivity index (χ1) is 18.0. The molecule has 0 atom stereocenters. The molecule has 0 spiro atoms. The van der Waals surface area contributed by atoms with Gasteiger partial charge in [0.25, 0.3) is 11.8 Å². The predicted octanol–water partition coefficient (Wildman–Crippen LogP) is 3.95. The molecule has 0 aromatic heterocycles. The third-order valence-corrected chi connectivity index (χ3v) is 8.02. The van der Waals surface area contributed by atoms with Gasteiger partial charge in [-0.1, -0.05) is 53.7 Å². The van der Waals surface area contributed by atoms with E-state index in [0.29, 0.717) is 17.0 Å². The van der Waals surface area contributed by atoms with E-state index < -0.39 is 0 Å². The largest absolute Gasteiger partial charge is 0.360 e. The second-order valence-corrected chi connectivity index (χ2v) is 10.8. The van der Waals surface area contributed by atoms with Crippen molar-refractivity contribution in [1.29, 1.82) is 0 Å². The van der Waals surface area contributed by atoms with E-state index in [4.69, 9.17) is 11.6 Å². The van der Waals surface area contributed by atoms with Gasteiger partial charge in [0, 0.05) is 34.1 Å². The molecule has 1 fully saturated rings. The van der Waals surface area contributed by atoms with Gasteiger partial charge in [0.05, 0.1) is 43.3 Å². The van der Waals surface area contributed by atoms with E-state index in [1.54, 1.807) is 17.0 Å². The minimum Gasteiger partial charge on any atom is -0.360 e. The molecule has 5 rings (SSSR count). The number of quaternary nitrogens is 1. The van der Waals surface area contributed by atoms with Crippen molar-refractivity contribution in [3.05, 3.63) is 93.9 Å². The maximum absolute atomic E-state index is 12.6. The number of thioether (sulfide) groups is 1. The lowest BCUT2D eigenvalue weighted by Gasteiger charge is -2.33. The summed E-state index contributed by atoms with van der Waals surface area (Å²) in [7, 11) is 0. The SMILES string of the molecule is O=C1Nc2ccccc2SC1=Cc1ccc(C(=O)NCCC[NH+]2CCN(c3cccc(Cl)c3)CC2)cc1. The van der Waals surface area contributed by atoms with Gasteiger partial charge in [-0.15, -0.1) is 0 Å². The minimum atomic E-state index is -0.112. The van der Waals surface area contributed by atoms with Gasteiger partial charge in [0.15, 0.2) is 0 Å². The van der Waals surface area contributed by atoms with Gasteiger partial charge in [-0.3, -0.25) is 9.59 Å². The van der Waals surface area contributed by atoms with E-state index >= 15 is 0 Å². The van der Waals surface area contributed by atoms with Crippen molar-refractivity contribution in [3.63, 3.8) is 0 Å². The lowest BCUT2D eigenvalue weighted by atomic mass is 10.1. The molecule has 37 heavy (non-hydrogen) atoms. The van der Waals surface area contributed by atoms with Gasteiger partial charge in [-0.05, 0) is 54.1 Å². The highest BCUT2D eigenvalue weighted by Gasteiger charge is 2.21. The predicted molar refractivity (Wildman–Crippen MR) is 152 cm³/mol. The Kier molecular flexibility index (Phi) is 8.14. The number of nitrogens with zero attached hydrogens (tertiary/aromatic N) is 1. The highest BCUT2D eigenvalue weighted by Crippen LogP contribution is 2.38. The van der Waals surface area contributed by atoms with E-state index in [9.17, 15) is 9.59 Å². The number of carbonyl (C=O) groups excluding carboxylic acids is 2. The Morgan fingerprint density at radius 3 is 2.62 bits per heavy atom. The fourth-order valence-corrected chi connectivity index (χ4v) is 5.77. The van der Waals surface area contributed by atoms with Crippen molar-refractivity contribution in [1.82, 2.24) is 5.32 Å². The first-order valence-electron chi connectivity index (χ1n) is 12.6. The summed E-state index contributed by atoms with van der Waals surface area (Å²) in [5.41, 5.74) is 3.53. The standard InChI is InChI=1S/C29H29ClN4O2S/c30-23-5-3-6-24(20-23)34-17-15-33(16-18-34)14-4-13-31-28(35)22-11-9-21(10-12-22)19-27-29(36)32-25-7-1-2-8-26(25)37-27/h1-3,5-12,19-20H,4,13-18H2,(H,31,35)(H,32,36)/p+1. The molecular weight excluding hydrogens is 504 g/mol. The van der Waals surface area contributed by atoms with Crippen LogP contribution in [0.25, 0.3) is 6.08 Å². The van der Waals surface area contributed by atoms with Crippen LogP contribution in [0.15, 0.2) is 82.6 Å². The summed E-state index contributed by atoms with van der Waals surface area (Å²) < 4.78 is 0. The zero-order chi connectivity index (χ0) is 25.6. The number of amides is 2. The summed E-state index contributed by atoms with van der Waals surface area (Å²) in [6.07, 6.45) is 2.79. The molecule has 3 N–H and O–H groups in total. The van der Waals surface area contributed by atoms with Crippen LogP contribution in [0.4, 0.5) is 11.4 Å². The number of halogens is 1. The molecule has 0 unspecified atom stereocenters. The van der Waals surface area contributed by atoms with Crippen LogP contribution in [0.2, 0.25) is 5.02 Å². The second kappa shape index (κ2) is 11.9. The number of hydrogen-bond acceptors (Lipinski definition) is 4. The second-order valence-electron chi connectivity index (χ2n) is 9.26. The van der Waals surface area contributed by atoms with Gasteiger partial charge in [-0.25, -0.2) is 0 Å². The Bertz CT molecular complexity index is 1300. The number of para-hydroxylation sites is 1. The smallest absolute Gasteiger partial charge is 0.262 e. The zero-order valence-corrected chi connectivity index (χ0v) is 22.1. The lowest BCUT2D eigenvalue weighted by Crippen LogP contribution is -3.15. The average Bonchev–Trinajstić information content (AvgIpc) is 2.92. The van der Waals surface area contributed by atoms with Crippen LogP contribution in [0.1, 0.15) is 22.3 Å². The molecule has 0 bridgehead atoms. The summed E-state index contributed by atoms with van der Waals surface area (Å²) in [5.74, 6) is -0.183. The Hall–Kier alpha value is -3.26. The first kappa shape index (κ1) is 25.4. The van der Waals surface area contributed by atoms with Crippen LogP contribution in [-0.4, -0.2) is 51.1 Å². The van der Waals surface area contributed by atoms with Gasteiger partial charge >= 0.3 is 0 Å². The molecule has 2 aliphatic heterocycles. The summed E-state index contributed by atoms with van der Waals surface area (Å²) in [6, 6.07) is 23.2. The van der Waals surface area contributed by atoms with Gasteiger partial charge < -0.3 is 20.4 Å². The van der Waals surface area contributed by atoms with E-state index in [0.717, 1.165) is 60.3 Å². The molecule has 2 amide bonds. The third-order valence-electron chi connectivity index (χ3n) is 6.69. The molecule has 0 saturated carbocycles. The van der Waals surface area contributed by atoms with Crippen molar-refractivity contribution in [2.24, 2.45) is 0 Å².